The number of unbranched alkanes of at least 4 members (excludes halogenated alkanes) is 2. The van der Waals surface area contributed by atoms with E-state index in [-0.39, 0.29) is 55.0 Å². The molecule has 4 atom stereocenters. The fourth-order valence-corrected chi connectivity index (χ4v) is 11.0. The van der Waals surface area contributed by atoms with Gasteiger partial charge in [-0.25, -0.2) is 4.98 Å². The van der Waals surface area contributed by atoms with E-state index in [1.54, 1.807) is 47.2 Å². The van der Waals surface area contributed by atoms with Gasteiger partial charge in [-0.2, -0.15) is 5.26 Å². The molecule has 2 fully saturated rings. The van der Waals surface area contributed by atoms with E-state index in [0.29, 0.717) is 41.5 Å². The van der Waals surface area contributed by atoms with Gasteiger partial charge in [-0.1, -0.05) is 84.3 Å². The van der Waals surface area contributed by atoms with E-state index in [9.17, 15) is 29.2 Å². The molecule has 2 heterocycles. The van der Waals surface area contributed by atoms with Crippen LogP contribution in [-0.4, -0.2) is 103 Å². The lowest BCUT2D eigenvalue weighted by atomic mass is 9.49. The molecule has 6 N–H and O–H groups in total. The van der Waals surface area contributed by atoms with Crippen LogP contribution in [-0.2, 0) is 28.7 Å². The highest BCUT2D eigenvalue weighted by Crippen LogP contribution is 2.55. The molecular formula is C54H69ClN8O8S. The Kier molecular flexibility index (Phi) is 18.2. The van der Waals surface area contributed by atoms with Crippen molar-refractivity contribution >= 4 is 58.2 Å². The minimum atomic E-state index is -1.01. The van der Waals surface area contributed by atoms with Crippen molar-refractivity contribution in [2.45, 2.75) is 124 Å². The number of hydrogen-bond acceptors (Lipinski definition) is 13. The molecule has 2 aliphatic rings. The molecule has 6 rings (SSSR count). The number of aryl methyl sites for hydroxylation is 1. The molecule has 1 saturated heterocycles. The van der Waals surface area contributed by atoms with Crippen LogP contribution in [0.1, 0.15) is 114 Å². The number of esters is 1. The lowest BCUT2D eigenvalue weighted by Crippen LogP contribution is -2.74. The zero-order valence-corrected chi connectivity index (χ0v) is 44.3. The van der Waals surface area contributed by atoms with Gasteiger partial charge in [-0.15, -0.1) is 11.3 Å². The Bertz CT molecular complexity index is 2590. The molecule has 18 heteroatoms. The summed E-state index contributed by atoms with van der Waals surface area (Å²) in [4.78, 5) is 74.0. The normalized spacial score (nSPS) is 19.7. The summed E-state index contributed by atoms with van der Waals surface area (Å²) in [6, 6.07) is 19.8. The van der Waals surface area contributed by atoms with Gasteiger partial charge in [0.25, 0.3) is 5.91 Å². The number of halogens is 1. The molecule has 0 unspecified atom stereocenters. The van der Waals surface area contributed by atoms with E-state index in [2.05, 4.69) is 60.0 Å². The first kappa shape index (κ1) is 55.3. The summed E-state index contributed by atoms with van der Waals surface area (Å²) in [5, 5.41) is 22.1. The third kappa shape index (κ3) is 13.3. The molecule has 4 amide bonds. The lowest BCUT2D eigenvalue weighted by molar-refractivity contribution is -0.164. The van der Waals surface area contributed by atoms with Gasteiger partial charge in [0.15, 0.2) is 0 Å². The van der Waals surface area contributed by atoms with E-state index in [0.717, 1.165) is 40.2 Å². The second-order valence-corrected chi connectivity index (χ2v) is 22.2. The van der Waals surface area contributed by atoms with Crippen molar-refractivity contribution in [3.63, 3.8) is 0 Å². The smallest absolute Gasteiger partial charge is 0.320 e. The topological polar surface area (TPSA) is 227 Å². The molecule has 1 aliphatic heterocycles. The van der Waals surface area contributed by atoms with Gasteiger partial charge >= 0.3 is 5.97 Å². The predicted octanol–water partition coefficient (Wildman–Crippen LogP) is 7.73. The number of nitriles is 1. The second-order valence-electron chi connectivity index (χ2n) is 21.0. The Morgan fingerprint density at radius 3 is 2.28 bits per heavy atom. The van der Waals surface area contributed by atoms with Crippen LogP contribution in [0.25, 0.3) is 10.4 Å². The number of nitrogens with zero attached hydrogens (tertiary/aromatic N) is 3. The molecule has 1 saturated carbocycles. The molecule has 0 radical (unpaired) electrons. The highest BCUT2D eigenvalue weighted by molar-refractivity contribution is 7.13. The zero-order chi connectivity index (χ0) is 52.5. The van der Waals surface area contributed by atoms with E-state index in [1.807, 2.05) is 71.0 Å². The standard InChI is InChI=1S/C54H69ClN8O8S/c1-32(34-13-15-35(16-14-34)45-33(2)59-31-72-45)60-48(67)42-26-40(70-44(65)28-57)29-63(42)49(68)46(52(3,4)5)61-43(64)30-69-24-12-10-11-23-58-38-20-17-36(18-21-38)47(66)62-50-53(6,7)51(54(50,8)9)71-39-22-19-37(27-56)41(55)25-39/h13-22,25,31-32,40,42,46,50-51,58H,10-12,23-24,26,28-30,57H2,1-9H3,(H,60,67)(H,61,64)(H,62,66)/t32-,40+,42-,46+,50-,51-/m0/s1. The molecule has 0 spiro atoms. The Labute approximate surface area is 432 Å². The van der Waals surface area contributed by atoms with Crippen LogP contribution in [0.4, 0.5) is 5.69 Å². The molecule has 0 bridgehead atoms. The molecule has 3 aromatic carbocycles. The van der Waals surface area contributed by atoms with Crippen molar-refractivity contribution in [1.82, 2.24) is 25.8 Å². The maximum Gasteiger partial charge on any atom is 0.320 e. The molecule has 1 aromatic heterocycles. The fourth-order valence-electron chi connectivity index (χ4n) is 9.97. The summed E-state index contributed by atoms with van der Waals surface area (Å²) in [6.07, 6.45) is 1.48. The van der Waals surface area contributed by atoms with E-state index in [4.69, 9.17) is 31.5 Å². The van der Waals surface area contributed by atoms with Crippen molar-refractivity contribution in [2.75, 3.05) is 38.2 Å². The SMILES string of the molecule is Cc1ncsc1-c1ccc([C@H](C)NC(=O)[C@@H]2C[C@@H](OC(=O)CN)CN2C(=O)[C@@H](NC(=O)COCCCCCNc2ccc(C(=O)N[C@H]3C(C)(C)[C@H](Oc4ccc(C#N)c(Cl)c4)C3(C)C)cc2)C(C)(C)C)cc1. The molecule has 386 valence electrons. The van der Waals surface area contributed by atoms with Crippen LogP contribution in [0.3, 0.4) is 0 Å². The first-order valence-corrected chi connectivity index (χ1v) is 25.7. The summed E-state index contributed by atoms with van der Waals surface area (Å²) in [7, 11) is 0. The quantitative estimate of drug-likeness (QED) is 0.0399. The third-order valence-corrected chi connectivity index (χ3v) is 14.9. The maximum atomic E-state index is 14.4. The van der Waals surface area contributed by atoms with Crippen molar-refractivity contribution in [1.29, 1.82) is 5.26 Å². The predicted molar refractivity (Wildman–Crippen MR) is 278 cm³/mol. The largest absolute Gasteiger partial charge is 0.489 e. The molecule has 72 heavy (non-hydrogen) atoms. The Hall–Kier alpha value is -6.06. The number of rotatable bonds is 21. The summed E-state index contributed by atoms with van der Waals surface area (Å²) in [5.41, 5.74) is 10.5. The molecule has 1 aliphatic carbocycles. The molecule has 16 nitrogen and oxygen atoms in total. The van der Waals surface area contributed by atoms with Gasteiger partial charge in [0.1, 0.15) is 42.7 Å². The number of nitrogens with two attached hydrogens (primary N) is 1. The number of thiazole rings is 1. The summed E-state index contributed by atoms with van der Waals surface area (Å²) >= 11 is 7.80. The number of anilines is 1. The van der Waals surface area contributed by atoms with E-state index >= 15 is 0 Å². The van der Waals surface area contributed by atoms with Gasteiger partial charge in [0.05, 0.1) is 45.8 Å². The molecule has 4 aromatic rings. The van der Waals surface area contributed by atoms with Crippen molar-refractivity contribution < 1.29 is 38.2 Å². The van der Waals surface area contributed by atoms with E-state index < -0.39 is 53.3 Å². The van der Waals surface area contributed by atoms with Crippen LogP contribution in [0.2, 0.25) is 5.02 Å². The highest BCUT2D eigenvalue weighted by atomic mass is 35.5. The highest BCUT2D eigenvalue weighted by Gasteiger charge is 2.64. The fraction of sp³-hybridized carbons (Fsp3) is 0.500. The average molecular weight is 1030 g/mol. The number of aromatic nitrogens is 1. The number of carbonyl (C=O) groups excluding carboxylic acids is 5. The summed E-state index contributed by atoms with van der Waals surface area (Å²) in [5.74, 6) is -1.59. The van der Waals surface area contributed by atoms with Gasteiger partial charge in [-0.05, 0) is 86.1 Å². The average Bonchev–Trinajstić information content (AvgIpc) is 3.98. The minimum Gasteiger partial charge on any atom is -0.489 e. The lowest BCUT2D eigenvalue weighted by Gasteiger charge is -2.63. The van der Waals surface area contributed by atoms with Crippen LogP contribution in [0, 0.1) is 34.5 Å². The number of ether oxygens (including phenoxy) is 3. The van der Waals surface area contributed by atoms with Crippen LogP contribution < -0.4 is 31.7 Å². The number of benzene rings is 3. The first-order chi connectivity index (χ1) is 34.0. The summed E-state index contributed by atoms with van der Waals surface area (Å²) in [6.45, 7) is 18.0. The van der Waals surface area contributed by atoms with Crippen molar-refractivity contribution in [3.05, 3.63) is 99.6 Å². The van der Waals surface area contributed by atoms with Crippen LogP contribution in [0.5, 0.6) is 5.75 Å². The Balaban J connectivity index is 0.922. The van der Waals surface area contributed by atoms with Gasteiger partial charge < -0.3 is 46.1 Å². The first-order valence-electron chi connectivity index (χ1n) is 24.4. The van der Waals surface area contributed by atoms with Gasteiger partial charge in [0.2, 0.25) is 17.7 Å². The minimum absolute atomic E-state index is 0.0356. The number of amides is 4. The molecular weight excluding hydrogens is 956 g/mol. The third-order valence-electron chi connectivity index (χ3n) is 13.6. The van der Waals surface area contributed by atoms with Crippen LogP contribution in [0.15, 0.2) is 72.2 Å². The number of hydrogen-bond donors (Lipinski definition) is 5. The number of nitrogens with one attached hydrogen (secondary N) is 4. The van der Waals surface area contributed by atoms with Gasteiger partial charge in [-0.3, -0.25) is 24.0 Å². The number of carbonyl (C=O) groups is 5. The maximum absolute atomic E-state index is 14.4. The van der Waals surface area contributed by atoms with Gasteiger partial charge in [0, 0.05) is 53.8 Å². The van der Waals surface area contributed by atoms with Crippen molar-refractivity contribution in [2.24, 2.45) is 22.0 Å². The summed E-state index contributed by atoms with van der Waals surface area (Å²) < 4.78 is 17.6. The number of likely N-dealkylation sites (tertiary alicyclic amines) is 1. The second kappa shape index (κ2) is 23.7. The van der Waals surface area contributed by atoms with Crippen molar-refractivity contribution in [3.8, 4) is 22.3 Å². The monoisotopic (exact) mass is 1020 g/mol. The van der Waals surface area contributed by atoms with E-state index in [1.165, 1.54) is 4.90 Å². The Morgan fingerprint density at radius 1 is 0.972 bits per heavy atom. The Morgan fingerprint density at radius 2 is 1.67 bits per heavy atom. The zero-order valence-electron chi connectivity index (χ0n) is 42.7. The van der Waals surface area contributed by atoms with Crippen LogP contribution >= 0.6 is 22.9 Å².